The van der Waals surface area contributed by atoms with Gasteiger partial charge in [0.25, 0.3) is 12.3 Å². The van der Waals surface area contributed by atoms with Crippen molar-refractivity contribution in [3.63, 3.8) is 0 Å². The third kappa shape index (κ3) is 9.82. The third-order valence-electron chi connectivity index (χ3n) is 16.0. The summed E-state index contributed by atoms with van der Waals surface area (Å²) in [6, 6.07) is 19.3. The van der Waals surface area contributed by atoms with E-state index in [1.165, 1.54) is 7.11 Å². The molecule has 2 aliphatic carbocycles. The van der Waals surface area contributed by atoms with Crippen LogP contribution in [0.1, 0.15) is 108 Å². The number of ether oxygens (including phenoxy) is 2. The minimum atomic E-state index is -2.70. The van der Waals surface area contributed by atoms with Gasteiger partial charge in [-0.15, -0.1) is 0 Å². The zero-order valence-corrected chi connectivity index (χ0v) is 42.2. The van der Waals surface area contributed by atoms with Crippen LogP contribution in [0.2, 0.25) is 0 Å². The molecular formula is C55H70F2N10O4. The Morgan fingerprint density at radius 3 is 2.30 bits per heavy atom. The topological polar surface area (TPSA) is 155 Å². The molecule has 4 aromatic rings. The summed E-state index contributed by atoms with van der Waals surface area (Å²) in [6.07, 6.45) is 6.70. The number of aromatic nitrogens is 2. The highest BCUT2D eigenvalue weighted by atomic mass is 19.3. The Hall–Kier alpha value is -6.47. The van der Waals surface area contributed by atoms with E-state index in [1.54, 1.807) is 60.2 Å². The lowest BCUT2D eigenvalue weighted by atomic mass is 9.49. The molecular weight excluding hydrogens is 903 g/mol. The van der Waals surface area contributed by atoms with E-state index in [1.807, 2.05) is 23.1 Å². The Balaban J connectivity index is 0.00000693. The van der Waals surface area contributed by atoms with Gasteiger partial charge in [0.1, 0.15) is 29.5 Å². The normalized spacial score (nSPS) is 23.1. The second kappa shape index (κ2) is 20.0. The maximum absolute atomic E-state index is 14.7. The Kier molecular flexibility index (Phi) is 13.9. The number of nitriles is 1. The smallest absolute Gasteiger partial charge is 0.264 e. The second-order valence-electron chi connectivity index (χ2n) is 21.3. The van der Waals surface area contributed by atoms with Crippen molar-refractivity contribution in [3.05, 3.63) is 101 Å². The lowest BCUT2D eigenvalue weighted by Crippen LogP contribution is -2.74. The number of rotatable bonds is 12. The zero-order chi connectivity index (χ0) is 50.4. The number of benzene rings is 3. The maximum atomic E-state index is 14.7. The second-order valence-corrected chi connectivity index (χ2v) is 21.3. The van der Waals surface area contributed by atoms with E-state index >= 15 is 0 Å². The first kappa shape index (κ1) is 49.5. The number of hydrogen-bond donors (Lipinski definition) is 3. The van der Waals surface area contributed by atoms with Gasteiger partial charge >= 0.3 is 0 Å². The standard InChI is InChI=1S/C55H68F2N10O4.H2/c1-34(68)66-22-20-46(45(33-66)50(59)67-21-8-9-36-27-43(38-31-60-63(6)32-38)44(49(56)57)29-47(36)67)61-39-13-17-41(18-14-39)65-25-23-64(24-26-65)40-15-10-35(11-16-40)51(69)62-52-54(2,3)53(55(52,4)5)71-42-19-12-37(30-58)48(28-42)70-7;/h10-12,15-16,19,27-29,31-32,39,41,49,52-53,59,61H,8-9,13-14,17-18,20-26,33H2,1-7H3,(H,62,69);1H. The minimum absolute atomic E-state index is 0. The fraction of sp³-hybridized carbons (Fsp3) is 0.509. The molecule has 1 aromatic heterocycles. The first-order valence-electron chi connectivity index (χ1n) is 25.2. The summed E-state index contributed by atoms with van der Waals surface area (Å²) in [5.41, 5.74) is 5.79. The van der Waals surface area contributed by atoms with Crippen LogP contribution in [0, 0.1) is 27.6 Å². The summed E-state index contributed by atoms with van der Waals surface area (Å²) in [6.45, 7) is 15.1. The summed E-state index contributed by atoms with van der Waals surface area (Å²) in [5, 5.41) is 30.4. The molecule has 0 atom stereocenters. The van der Waals surface area contributed by atoms with Crippen molar-refractivity contribution in [1.82, 2.24) is 30.2 Å². The van der Waals surface area contributed by atoms with Crippen molar-refractivity contribution in [2.24, 2.45) is 17.9 Å². The molecule has 1 saturated heterocycles. The average Bonchev–Trinajstić information content (AvgIpc) is 3.82. The number of amides is 2. The number of aryl methyl sites for hydroxylation is 2. The lowest BCUT2D eigenvalue weighted by Gasteiger charge is -2.63. The van der Waals surface area contributed by atoms with E-state index in [0.717, 1.165) is 87.2 Å². The van der Waals surface area contributed by atoms with Crippen molar-refractivity contribution in [2.75, 3.05) is 62.7 Å². The summed E-state index contributed by atoms with van der Waals surface area (Å²) in [5.74, 6) is 1.20. The number of hydrogen-bond acceptors (Lipinski definition) is 10. The molecule has 14 nitrogen and oxygen atoms in total. The number of carbonyl (C=O) groups is 2. The Morgan fingerprint density at radius 2 is 1.66 bits per heavy atom. The van der Waals surface area contributed by atoms with Gasteiger partial charge in [-0.2, -0.15) is 10.4 Å². The average molecular weight is 973 g/mol. The number of methoxy groups -OCH3 is 1. The van der Waals surface area contributed by atoms with Crippen LogP contribution in [0.4, 0.5) is 20.2 Å². The number of anilines is 2. The molecule has 0 unspecified atom stereocenters. The van der Waals surface area contributed by atoms with E-state index < -0.39 is 6.43 Å². The minimum Gasteiger partial charge on any atom is -0.495 e. The molecule has 3 N–H and O–H groups in total. The number of alkyl halides is 2. The highest BCUT2D eigenvalue weighted by molar-refractivity contribution is 6.09. The van der Waals surface area contributed by atoms with Crippen molar-refractivity contribution in [3.8, 4) is 28.7 Å². The number of piperazine rings is 1. The van der Waals surface area contributed by atoms with Crippen LogP contribution in [-0.4, -0.2) is 114 Å². The van der Waals surface area contributed by atoms with Gasteiger partial charge in [-0.1, -0.05) is 27.7 Å². The molecule has 16 heteroatoms. The van der Waals surface area contributed by atoms with E-state index in [-0.39, 0.29) is 53.7 Å². The van der Waals surface area contributed by atoms with Crippen LogP contribution in [-0.2, 0) is 18.3 Å². The zero-order valence-electron chi connectivity index (χ0n) is 42.2. The number of nitrogens with one attached hydrogen (secondary N) is 3. The van der Waals surface area contributed by atoms with E-state index in [9.17, 15) is 29.0 Å². The Bertz CT molecular complexity index is 2720. The molecule has 0 spiro atoms. The highest BCUT2D eigenvalue weighted by Gasteiger charge is 2.64. The fourth-order valence-electron chi connectivity index (χ4n) is 12.4. The SMILES string of the molecule is COc1cc(OC2C(C)(C)C(NC(=O)c3ccc(N4CCN(C5CCC(NC6=C(C(=N)N7CCCc8cc(-c9cnn(C)c9)c(C(F)F)cc87)CN(C(C)=O)CC6)CC5)CC4)cc3)C2(C)C)ccc1C#N.[HH]. The molecule has 71 heavy (non-hydrogen) atoms. The van der Waals surface area contributed by atoms with Gasteiger partial charge in [-0.25, -0.2) is 8.78 Å². The summed E-state index contributed by atoms with van der Waals surface area (Å²) >= 11 is 0. The molecule has 378 valence electrons. The van der Waals surface area contributed by atoms with Gasteiger partial charge < -0.3 is 34.8 Å². The molecule has 0 bridgehead atoms. The summed E-state index contributed by atoms with van der Waals surface area (Å²) in [7, 11) is 3.31. The van der Waals surface area contributed by atoms with Crippen molar-refractivity contribution >= 4 is 29.0 Å². The molecule has 2 saturated carbocycles. The van der Waals surface area contributed by atoms with Crippen LogP contribution < -0.4 is 29.9 Å². The van der Waals surface area contributed by atoms with E-state index in [0.29, 0.717) is 71.5 Å². The Labute approximate surface area is 417 Å². The molecule has 3 fully saturated rings. The summed E-state index contributed by atoms with van der Waals surface area (Å²) in [4.78, 5) is 35.0. The molecule has 9 rings (SSSR count). The first-order chi connectivity index (χ1) is 34.0. The molecule has 0 radical (unpaired) electrons. The van der Waals surface area contributed by atoms with E-state index in [2.05, 4.69) is 71.4 Å². The number of nitrogens with zero attached hydrogens (tertiary/aromatic N) is 7. The number of amidine groups is 1. The largest absolute Gasteiger partial charge is 0.495 e. The number of carbonyl (C=O) groups excluding carboxylic acids is 2. The summed E-state index contributed by atoms with van der Waals surface area (Å²) < 4.78 is 42.8. The van der Waals surface area contributed by atoms with Gasteiger partial charge in [0.15, 0.2) is 0 Å². The number of fused-ring (bicyclic) bond motifs is 1. The quantitative estimate of drug-likeness (QED) is 0.0928. The van der Waals surface area contributed by atoms with Crippen molar-refractivity contribution < 1.29 is 29.3 Å². The van der Waals surface area contributed by atoms with Gasteiger partial charge in [0.05, 0.1) is 25.4 Å². The maximum Gasteiger partial charge on any atom is 0.264 e. The molecule has 2 amide bonds. The third-order valence-corrected chi connectivity index (χ3v) is 16.0. The van der Waals surface area contributed by atoms with Crippen LogP contribution in [0.15, 0.2) is 78.3 Å². The monoisotopic (exact) mass is 973 g/mol. The highest BCUT2D eigenvalue weighted by Crippen LogP contribution is 2.56. The molecule has 3 aliphatic heterocycles. The molecule has 5 aliphatic rings. The van der Waals surface area contributed by atoms with Gasteiger partial charge in [0, 0.05) is 142 Å². The van der Waals surface area contributed by atoms with Gasteiger partial charge in [-0.05, 0) is 98.2 Å². The first-order valence-corrected chi connectivity index (χ1v) is 25.2. The van der Waals surface area contributed by atoms with Crippen LogP contribution in [0.25, 0.3) is 11.1 Å². The predicted molar refractivity (Wildman–Crippen MR) is 273 cm³/mol. The predicted octanol–water partition coefficient (Wildman–Crippen LogP) is 8.72. The van der Waals surface area contributed by atoms with E-state index in [4.69, 9.17) is 9.47 Å². The van der Waals surface area contributed by atoms with Crippen molar-refractivity contribution in [2.45, 2.75) is 110 Å². The molecule has 3 aromatic carbocycles. The Morgan fingerprint density at radius 1 is 0.944 bits per heavy atom. The van der Waals surface area contributed by atoms with Gasteiger partial charge in [-0.3, -0.25) is 24.6 Å². The fourth-order valence-corrected chi connectivity index (χ4v) is 12.4. The lowest BCUT2D eigenvalue weighted by molar-refractivity contribution is -0.164. The number of halogens is 2. The van der Waals surface area contributed by atoms with Crippen LogP contribution in [0.5, 0.6) is 11.5 Å². The van der Waals surface area contributed by atoms with Crippen LogP contribution >= 0.6 is 0 Å². The van der Waals surface area contributed by atoms with Gasteiger partial charge in [0.2, 0.25) is 5.91 Å². The van der Waals surface area contributed by atoms with Crippen LogP contribution in [0.3, 0.4) is 0 Å². The van der Waals surface area contributed by atoms with Crippen molar-refractivity contribution in [1.29, 1.82) is 10.7 Å². The molecule has 4 heterocycles.